The minimum absolute atomic E-state index is 0.129. The third kappa shape index (κ3) is 4.33. The Bertz CT molecular complexity index is 1130. The number of thioether (sulfide) groups is 1. The fourth-order valence-electron chi connectivity index (χ4n) is 2.86. The average molecular weight is 417 g/mol. The number of hydrogen-bond donors (Lipinski definition) is 2. The summed E-state index contributed by atoms with van der Waals surface area (Å²) >= 11 is 1.34. The van der Waals surface area contributed by atoms with Gasteiger partial charge in [-0.25, -0.2) is 0 Å². The van der Waals surface area contributed by atoms with E-state index in [1.54, 1.807) is 36.7 Å². The molecule has 1 atom stereocenters. The van der Waals surface area contributed by atoms with Crippen molar-refractivity contribution in [1.29, 1.82) is 0 Å². The minimum Gasteiger partial charge on any atom is -0.399 e. The molecule has 30 heavy (non-hydrogen) atoms. The molecule has 0 aliphatic carbocycles. The van der Waals surface area contributed by atoms with Crippen molar-refractivity contribution in [2.75, 3.05) is 11.1 Å². The zero-order valence-electron chi connectivity index (χ0n) is 16.3. The van der Waals surface area contributed by atoms with Crippen LogP contribution in [0.5, 0.6) is 0 Å². The summed E-state index contributed by atoms with van der Waals surface area (Å²) in [7, 11) is 0. The quantitative estimate of drug-likeness (QED) is 0.364. The summed E-state index contributed by atoms with van der Waals surface area (Å²) in [4.78, 5) is 16.9. The molecular formula is C22H20N6OS. The molecule has 0 saturated carbocycles. The fraction of sp³-hybridized carbons (Fsp3) is 0.0909. The van der Waals surface area contributed by atoms with Crippen LogP contribution in [-0.2, 0) is 4.79 Å². The van der Waals surface area contributed by atoms with Crippen molar-refractivity contribution in [2.24, 2.45) is 0 Å². The van der Waals surface area contributed by atoms with Crippen LogP contribution in [0.25, 0.3) is 17.1 Å². The highest BCUT2D eigenvalue weighted by Gasteiger charge is 2.22. The summed E-state index contributed by atoms with van der Waals surface area (Å²) in [6.07, 6.45) is 3.46. The molecule has 0 saturated heterocycles. The van der Waals surface area contributed by atoms with Crippen LogP contribution >= 0.6 is 11.8 Å². The molecule has 7 nitrogen and oxygen atoms in total. The van der Waals surface area contributed by atoms with Gasteiger partial charge in [0.15, 0.2) is 11.0 Å². The molecule has 4 rings (SSSR count). The molecular weight excluding hydrogens is 396 g/mol. The number of carbonyl (C=O) groups is 1. The van der Waals surface area contributed by atoms with Gasteiger partial charge >= 0.3 is 0 Å². The smallest absolute Gasteiger partial charge is 0.237 e. The number of amides is 1. The van der Waals surface area contributed by atoms with E-state index in [9.17, 15) is 4.79 Å². The van der Waals surface area contributed by atoms with Gasteiger partial charge in [-0.2, -0.15) is 0 Å². The first kappa shape index (κ1) is 19.7. The Kier molecular flexibility index (Phi) is 5.76. The number of hydrogen-bond acceptors (Lipinski definition) is 6. The van der Waals surface area contributed by atoms with Crippen LogP contribution in [0.1, 0.15) is 6.92 Å². The van der Waals surface area contributed by atoms with Crippen LogP contribution in [0.15, 0.2) is 84.3 Å². The van der Waals surface area contributed by atoms with E-state index in [0.717, 1.165) is 11.3 Å². The number of rotatable bonds is 6. The number of nitrogen functional groups attached to an aromatic ring is 1. The zero-order chi connectivity index (χ0) is 20.9. The van der Waals surface area contributed by atoms with Gasteiger partial charge < -0.3 is 11.1 Å². The molecule has 4 aromatic rings. The number of benzene rings is 2. The van der Waals surface area contributed by atoms with Gasteiger partial charge in [-0.05, 0) is 55.5 Å². The molecule has 0 aliphatic rings. The van der Waals surface area contributed by atoms with E-state index in [1.807, 2.05) is 54.0 Å². The standard InChI is InChI=1S/C22H20N6OS/c1-15(21(29)25-18-11-9-17(23)10-12-18)30-22-27-26-20(16-6-5-13-24-14-16)28(22)19-7-3-2-4-8-19/h2-15H,23H2,1H3,(H,25,29)/t15-/m0/s1. The molecule has 2 aromatic carbocycles. The average Bonchev–Trinajstić information content (AvgIpc) is 3.20. The van der Waals surface area contributed by atoms with Crippen LogP contribution in [0.3, 0.4) is 0 Å². The second-order valence-electron chi connectivity index (χ2n) is 6.59. The van der Waals surface area contributed by atoms with Gasteiger partial charge in [0.1, 0.15) is 0 Å². The molecule has 150 valence electrons. The minimum atomic E-state index is -0.393. The maximum Gasteiger partial charge on any atom is 0.237 e. The van der Waals surface area contributed by atoms with Crippen LogP contribution in [0, 0.1) is 0 Å². The van der Waals surface area contributed by atoms with E-state index in [-0.39, 0.29) is 5.91 Å². The van der Waals surface area contributed by atoms with Crippen LogP contribution < -0.4 is 11.1 Å². The normalized spacial score (nSPS) is 11.8. The second kappa shape index (κ2) is 8.79. The number of carbonyl (C=O) groups excluding carboxylic acids is 1. The van der Waals surface area contributed by atoms with Crippen molar-refractivity contribution in [1.82, 2.24) is 19.7 Å². The van der Waals surface area contributed by atoms with Gasteiger partial charge in [0, 0.05) is 35.0 Å². The van der Waals surface area contributed by atoms with Crippen molar-refractivity contribution >= 4 is 29.0 Å². The highest BCUT2D eigenvalue weighted by Crippen LogP contribution is 2.30. The highest BCUT2D eigenvalue weighted by molar-refractivity contribution is 8.00. The molecule has 2 aromatic heterocycles. The van der Waals surface area contributed by atoms with Gasteiger partial charge in [-0.3, -0.25) is 14.3 Å². The van der Waals surface area contributed by atoms with Gasteiger partial charge in [-0.1, -0.05) is 30.0 Å². The van der Waals surface area contributed by atoms with Crippen LogP contribution in [-0.4, -0.2) is 30.9 Å². The van der Waals surface area contributed by atoms with E-state index in [2.05, 4.69) is 20.5 Å². The zero-order valence-corrected chi connectivity index (χ0v) is 17.1. The molecule has 0 aliphatic heterocycles. The van der Waals surface area contributed by atoms with E-state index < -0.39 is 5.25 Å². The van der Waals surface area contributed by atoms with Crippen molar-refractivity contribution in [2.45, 2.75) is 17.3 Å². The molecule has 2 heterocycles. The van der Waals surface area contributed by atoms with E-state index in [0.29, 0.717) is 22.4 Å². The lowest BCUT2D eigenvalue weighted by Crippen LogP contribution is -2.22. The third-order valence-corrected chi connectivity index (χ3v) is 5.44. The summed E-state index contributed by atoms with van der Waals surface area (Å²) in [5.74, 6) is 0.540. The Labute approximate surface area is 178 Å². The van der Waals surface area contributed by atoms with E-state index in [1.165, 1.54) is 11.8 Å². The Morgan fingerprint density at radius 2 is 1.80 bits per heavy atom. The number of nitrogens with two attached hydrogens (primary N) is 1. The summed E-state index contributed by atoms with van der Waals surface area (Å²) in [6, 6.07) is 20.7. The molecule has 0 radical (unpaired) electrons. The van der Waals surface area contributed by atoms with Crippen LogP contribution in [0.4, 0.5) is 11.4 Å². The predicted molar refractivity (Wildman–Crippen MR) is 119 cm³/mol. The predicted octanol–water partition coefficient (Wildman–Crippen LogP) is 4.03. The Morgan fingerprint density at radius 1 is 1.03 bits per heavy atom. The van der Waals surface area contributed by atoms with E-state index in [4.69, 9.17) is 5.73 Å². The lowest BCUT2D eigenvalue weighted by molar-refractivity contribution is -0.115. The summed E-state index contributed by atoms with van der Waals surface area (Å²) in [5, 5.41) is 11.9. The van der Waals surface area contributed by atoms with Gasteiger partial charge in [0.05, 0.1) is 5.25 Å². The molecule has 0 spiro atoms. The van der Waals surface area contributed by atoms with Crippen molar-refractivity contribution in [3.8, 4) is 17.1 Å². The molecule has 0 bridgehead atoms. The summed E-state index contributed by atoms with van der Waals surface area (Å²) in [6.45, 7) is 1.84. The first-order valence-corrected chi connectivity index (χ1v) is 10.2. The number of nitrogens with one attached hydrogen (secondary N) is 1. The topological polar surface area (TPSA) is 98.7 Å². The number of aromatic nitrogens is 4. The summed E-state index contributed by atoms with van der Waals surface area (Å²) < 4.78 is 1.94. The number of para-hydroxylation sites is 1. The maximum absolute atomic E-state index is 12.7. The molecule has 8 heteroatoms. The Balaban J connectivity index is 1.61. The van der Waals surface area contributed by atoms with Crippen molar-refractivity contribution in [3.63, 3.8) is 0 Å². The first-order valence-electron chi connectivity index (χ1n) is 9.36. The fourth-order valence-corrected chi connectivity index (χ4v) is 3.73. The highest BCUT2D eigenvalue weighted by atomic mass is 32.2. The monoisotopic (exact) mass is 416 g/mol. The number of pyridine rings is 1. The van der Waals surface area contributed by atoms with Gasteiger partial charge in [-0.15, -0.1) is 10.2 Å². The number of anilines is 2. The molecule has 0 fully saturated rings. The SMILES string of the molecule is C[C@H](Sc1nnc(-c2cccnc2)n1-c1ccccc1)C(=O)Nc1ccc(N)cc1. The Hall–Kier alpha value is -3.65. The van der Waals surface area contributed by atoms with Gasteiger partial charge in [0.25, 0.3) is 0 Å². The molecule has 3 N–H and O–H groups in total. The summed E-state index contributed by atoms with van der Waals surface area (Å²) in [5.41, 5.74) is 8.81. The largest absolute Gasteiger partial charge is 0.399 e. The lowest BCUT2D eigenvalue weighted by atomic mass is 10.2. The third-order valence-electron chi connectivity index (χ3n) is 4.40. The van der Waals surface area contributed by atoms with Crippen molar-refractivity contribution < 1.29 is 4.79 Å². The second-order valence-corrected chi connectivity index (χ2v) is 7.90. The van der Waals surface area contributed by atoms with E-state index >= 15 is 0 Å². The molecule has 0 unspecified atom stereocenters. The number of nitrogens with zero attached hydrogens (tertiary/aromatic N) is 4. The molecule has 1 amide bonds. The first-order chi connectivity index (χ1) is 14.6. The van der Waals surface area contributed by atoms with Gasteiger partial charge in [0.2, 0.25) is 5.91 Å². The lowest BCUT2D eigenvalue weighted by Gasteiger charge is -2.14. The Morgan fingerprint density at radius 3 is 2.50 bits per heavy atom. The van der Waals surface area contributed by atoms with Crippen LogP contribution in [0.2, 0.25) is 0 Å². The van der Waals surface area contributed by atoms with Crippen molar-refractivity contribution in [3.05, 3.63) is 79.1 Å². The maximum atomic E-state index is 12.7.